The van der Waals surface area contributed by atoms with Crippen LogP contribution in [0.25, 0.3) is 0 Å². The first kappa shape index (κ1) is 22.2. The van der Waals surface area contributed by atoms with Gasteiger partial charge in [-0.1, -0.05) is 107 Å². The molecule has 0 unspecified atom stereocenters. The minimum Gasteiger partial charge on any atom is -0.0988 e. The number of allylic oxidation sites excluding steroid dienone is 4. The molecular formula is C20H37ISi. The first-order valence-electron chi connectivity index (χ1n) is 9.08. The maximum absolute atomic E-state index is 4.05. The Bertz CT molecular complexity index is 372. The van der Waals surface area contributed by atoms with Crippen molar-refractivity contribution in [3.8, 4) is 0 Å². The normalized spacial score (nSPS) is 14.0. The number of halogens is 1. The summed E-state index contributed by atoms with van der Waals surface area (Å²) in [6.45, 7) is 16.0. The minimum absolute atomic E-state index is 1.19. The zero-order valence-electron chi connectivity index (χ0n) is 15.6. The summed E-state index contributed by atoms with van der Waals surface area (Å²) in [6.07, 6.45) is 16.3. The van der Waals surface area contributed by atoms with Crippen LogP contribution in [-0.2, 0) is 0 Å². The van der Waals surface area contributed by atoms with E-state index in [-0.39, 0.29) is 0 Å². The highest BCUT2D eigenvalue weighted by Gasteiger charge is 2.20. The van der Waals surface area contributed by atoms with Gasteiger partial charge in [-0.3, -0.25) is 0 Å². The monoisotopic (exact) mass is 432 g/mol. The predicted molar refractivity (Wildman–Crippen MR) is 116 cm³/mol. The van der Waals surface area contributed by atoms with Gasteiger partial charge in [-0.15, -0.1) is 0 Å². The molecule has 0 bridgehead atoms. The molecule has 0 heterocycles. The van der Waals surface area contributed by atoms with E-state index in [1.165, 1.54) is 63.4 Å². The van der Waals surface area contributed by atoms with Crippen LogP contribution in [0.2, 0.25) is 19.6 Å². The molecule has 0 aromatic carbocycles. The number of hydrogen-bond acceptors (Lipinski definition) is 0. The minimum atomic E-state index is -1.22. The van der Waals surface area contributed by atoms with Crippen LogP contribution in [-0.4, -0.2) is 8.07 Å². The number of unbranched alkanes of at least 4 members (excludes halogenated alkanes) is 5. The van der Waals surface area contributed by atoms with Crippen molar-refractivity contribution in [2.45, 2.75) is 91.3 Å². The van der Waals surface area contributed by atoms with Gasteiger partial charge in [-0.05, 0) is 40.0 Å². The van der Waals surface area contributed by atoms with E-state index in [2.05, 4.69) is 74.8 Å². The van der Waals surface area contributed by atoms with Crippen LogP contribution in [0.5, 0.6) is 0 Å². The fourth-order valence-electron chi connectivity index (χ4n) is 2.51. The van der Waals surface area contributed by atoms with Crippen LogP contribution in [0.4, 0.5) is 0 Å². The molecule has 0 radical (unpaired) electrons. The lowest BCUT2D eigenvalue weighted by atomic mass is 10.0. The maximum atomic E-state index is 4.05. The molecule has 0 atom stereocenters. The van der Waals surface area contributed by atoms with Gasteiger partial charge in [0.1, 0.15) is 0 Å². The molecule has 22 heavy (non-hydrogen) atoms. The summed E-state index contributed by atoms with van der Waals surface area (Å²) in [5.41, 5.74) is 3.04. The summed E-state index contributed by atoms with van der Waals surface area (Å²) >= 11 is 2.63. The average Bonchev–Trinajstić information content (AvgIpc) is 2.47. The van der Waals surface area contributed by atoms with Crippen molar-refractivity contribution < 1.29 is 0 Å². The Balaban J connectivity index is 5.04. The molecule has 0 saturated carbocycles. The van der Waals surface area contributed by atoms with Gasteiger partial charge >= 0.3 is 0 Å². The van der Waals surface area contributed by atoms with Crippen molar-refractivity contribution >= 4 is 30.7 Å². The maximum Gasteiger partial charge on any atom is 0.0858 e. The van der Waals surface area contributed by atoms with Crippen molar-refractivity contribution in [3.63, 3.8) is 0 Å². The Morgan fingerprint density at radius 2 is 1.45 bits per heavy atom. The van der Waals surface area contributed by atoms with Crippen molar-refractivity contribution in [3.05, 3.63) is 33.1 Å². The number of rotatable bonds is 12. The average molecular weight is 433 g/mol. The summed E-state index contributed by atoms with van der Waals surface area (Å²) in [6, 6.07) is 0. The van der Waals surface area contributed by atoms with Crippen LogP contribution < -0.4 is 0 Å². The van der Waals surface area contributed by atoms with E-state index in [4.69, 9.17) is 0 Å². The molecule has 0 rings (SSSR count). The third-order valence-electron chi connectivity index (χ3n) is 3.93. The highest BCUT2D eigenvalue weighted by molar-refractivity contribution is 14.1. The molecule has 0 aromatic heterocycles. The topological polar surface area (TPSA) is 0 Å². The third kappa shape index (κ3) is 10.0. The molecule has 0 aromatic rings. The van der Waals surface area contributed by atoms with E-state index in [1.54, 1.807) is 8.78 Å². The van der Waals surface area contributed by atoms with Crippen LogP contribution in [0, 0.1) is 0 Å². The molecule has 2 heteroatoms. The molecule has 0 aliphatic rings. The first-order chi connectivity index (χ1) is 10.4. The fraction of sp³-hybridized carbons (Fsp3) is 0.700. The Morgan fingerprint density at radius 3 is 1.95 bits per heavy atom. The van der Waals surface area contributed by atoms with Crippen LogP contribution in [0.3, 0.4) is 0 Å². The lowest BCUT2D eigenvalue weighted by Gasteiger charge is -2.20. The molecule has 0 aliphatic heterocycles. The smallest absolute Gasteiger partial charge is 0.0858 e. The zero-order valence-corrected chi connectivity index (χ0v) is 18.8. The van der Waals surface area contributed by atoms with E-state index in [0.717, 1.165) is 0 Å². The zero-order chi connectivity index (χ0) is 17.0. The van der Waals surface area contributed by atoms with E-state index in [0.29, 0.717) is 0 Å². The third-order valence-corrected chi connectivity index (χ3v) is 11.1. The van der Waals surface area contributed by atoms with Gasteiger partial charge < -0.3 is 0 Å². The summed E-state index contributed by atoms with van der Waals surface area (Å²) in [5, 5.41) is 0. The lowest BCUT2D eigenvalue weighted by molar-refractivity contribution is 0.667. The summed E-state index contributed by atoms with van der Waals surface area (Å²) in [5.74, 6) is 0. The SMILES string of the molecule is C=C/C(=C\C(CCCCC)=C(/I)[Si](C)(C)C)CCCCCC. The largest absolute Gasteiger partial charge is 0.0988 e. The quantitative estimate of drug-likeness (QED) is 0.126. The Kier molecular flexibility index (Phi) is 12.7. The lowest BCUT2D eigenvalue weighted by Crippen LogP contribution is -2.21. The summed E-state index contributed by atoms with van der Waals surface area (Å²) in [4.78, 5) is 0. The van der Waals surface area contributed by atoms with Crippen molar-refractivity contribution in [2.75, 3.05) is 0 Å². The molecular weight excluding hydrogens is 395 g/mol. The predicted octanol–water partition coefficient (Wildman–Crippen LogP) is 8.22. The summed E-state index contributed by atoms with van der Waals surface area (Å²) < 4.78 is 1.65. The Labute approximate surface area is 154 Å². The van der Waals surface area contributed by atoms with Gasteiger partial charge in [0.05, 0.1) is 8.07 Å². The fourth-order valence-corrected chi connectivity index (χ4v) is 4.09. The second kappa shape index (κ2) is 12.6. The molecule has 128 valence electrons. The van der Waals surface area contributed by atoms with Crippen LogP contribution >= 0.6 is 22.6 Å². The second-order valence-corrected chi connectivity index (χ2v) is 14.4. The molecule has 0 amide bonds. The van der Waals surface area contributed by atoms with E-state index in [9.17, 15) is 0 Å². The van der Waals surface area contributed by atoms with Gasteiger partial charge in [0.15, 0.2) is 0 Å². The standard InChI is InChI=1S/C20H37ISi/c1-7-10-12-14-15-18(9-3)17-19(16-13-11-8-2)20(21)22(4,5)6/h9,17H,3,7-8,10-16H2,1-2,4-6H3/b18-17+,20-19+. The van der Waals surface area contributed by atoms with Gasteiger partial charge in [-0.2, -0.15) is 0 Å². The Hall–Kier alpha value is 0.167. The van der Waals surface area contributed by atoms with E-state index in [1.807, 2.05) is 0 Å². The van der Waals surface area contributed by atoms with Crippen LogP contribution in [0.15, 0.2) is 33.1 Å². The van der Waals surface area contributed by atoms with E-state index < -0.39 is 8.07 Å². The Morgan fingerprint density at radius 1 is 0.909 bits per heavy atom. The molecule has 0 spiro atoms. The highest BCUT2D eigenvalue weighted by Crippen LogP contribution is 2.30. The second-order valence-electron chi connectivity index (χ2n) is 7.28. The first-order valence-corrected chi connectivity index (χ1v) is 13.7. The van der Waals surface area contributed by atoms with Gasteiger partial charge in [-0.25, -0.2) is 0 Å². The van der Waals surface area contributed by atoms with Crippen molar-refractivity contribution in [2.24, 2.45) is 0 Å². The molecule has 0 aliphatic carbocycles. The molecule has 0 fully saturated rings. The van der Waals surface area contributed by atoms with Gasteiger partial charge in [0, 0.05) is 0 Å². The van der Waals surface area contributed by atoms with Gasteiger partial charge in [0.25, 0.3) is 0 Å². The molecule has 0 nitrogen and oxygen atoms in total. The molecule has 0 saturated heterocycles. The number of hydrogen-bond donors (Lipinski definition) is 0. The van der Waals surface area contributed by atoms with E-state index >= 15 is 0 Å². The van der Waals surface area contributed by atoms with Gasteiger partial charge in [0.2, 0.25) is 0 Å². The van der Waals surface area contributed by atoms with Crippen LogP contribution in [0.1, 0.15) is 71.6 Å². The summed E-state index contributed by atoms with van der Waals surface area (Å²) in [7, 11) is -1.22. The molecule has 0 N–H and O–H groups in total. The van der Waals surface area contributed by atoms with Crippen molar-refractivity contribution in [1.82, 2.24) is 0 Å². The van der Waals surface area contributed by atoms with Crippen molar-refractivity contribution in [1.29, 1.82) is 0 Å². The highest BCUT2D eigenvalue weighted by atomic mass is 127.